The smallest absolute Gasteiger partial charge is 0.305 e. The summed E-state index contributed by atoms with van der Waals surface area (Å²) in [6, 6.07) is 0. The first-order chi connectivity index (χ1) is 27.7. The molecule has 0 spiro atoms. The van der Waals surface area contributed by atoms with E-state index in [4.69, 9.17) is 9.16 Å². The minimum Gasteiger partial charge on any atom is -0.547 e. The Kier molecular flexibility index (Phi) is 13.3. The van der Waals surface area contributed by atoms with Crippen molar-refractivity contribution in [2.75, 3.05) is 7.11 Å². The van der Waals surface area contributed by atoms with Crippen molar-refractivity contribution in [1.82, 2.24) is 0 Å². The molecule has 7 fully saturated rings. The summed E-state index contributed by atoms with van der Waals surface area (Å²) >= 11 is 0. The minimum absolute atomic E-state index is 0.110. The van der Waals surface area contributed by atoms with E-state index in [-0.39, 0.29) is 28.8 Å². The van der Waals surface area contributed by atoms with Crippen LogP contribution >= 0.6 is 0 Å². The molecular formula is C53H90O5Si. The fourth-order valence-electron chi connectivity index (χ4n) is 17.5. The Balaban J connectivity index is 0.000000179. The highest BCUT2D eigenvalue weighted by atomic mass is 28.4. The Bertz CT molecular complexity index is 1550. The van der Waals surface area contributed by atoms with Gasteiger partial charge in [0.15, 0.2) is 0 Å². The summed E-state index contributed by atoms with van der Waals surface area (Å²) in [5, 5.41) is 10.2. The molecule has 0 aliphatic heterocycles. The number of hydrogen-bond acceptors (Lipinski definition) is 5. The van der Waals surface area contributed by atoms with E-state index in [2.05, 4.69) is 81.1 Å². The average molecular weight is 835 g/mol. The maximum atomic E-state index is 13.4. The highest BCUT2D eigenvalue weighted by Crippen LogP contribution is 2.70. The maximum absolute atomic E-state index is 13.4. The molecular weight excluding hydrogens is 745 g/mol. The third-order valence-corrected chi connectivity index (χ3v) is 21.5. The molecule has 0 amide bonds. The summed E-state index contributed by atoms with van der Waals surface area (Å²) in [4.78, 5) is 25.0. The van der Waals surface area contributed by atoms with Gasteiger partial charge < -0.3 is 14.3 Å². The van der Waals surface area contributed by atoms with Gasteiger partial charge in [0, 0.05) is 24.7 Å². The number of rotatable bonds is 9. The number of allylic oxidation sites excluding steroid dienone is 2. The molecule has 1 N–H and O–H groups in total. The molecule has 7 saturated carbocycles. The number of fused-ring (bicyclic) bond motifs is 10. The van der Waals surface area contributed by atoms with Crippen LogP contribution in [0.3, 0.4) is 0 Å². The van der Waals surface area contributed by atoms with Crippen molar-refractivity contribution in [3.05, 3.63) is 11.8 Å². The number of esters is 1. The number of hydrogen-bond donors (Lipinski definition) is 1. The van der Waals surface area contributed by atoms with Gasteiger partial charge in [-0.1, -0.05) is 74.7 Å². The Hall–Kier alpha value is -1.14. The monoisotopic (exact) mass is 835 g/mol. The van der Waals surface area contributed by atoms with E-state index in [1.807, 2.05) is 0 Å². The molecule has 8 aliphatic rings. The Labute approximate surface area is 363 Å². The van der Waals surface area contributed by atoms with Gasteiger partial charge in [0.1, 0.15) is 5.78 Å². The molecule has 0 saturated heterocycles. The van der Waals surface area contributed by atoms with Crippen LogP contribution in [0.2, 0.25) is 19.6 Å². The van der Waals surface area contributed by atoms with Crippen LogP contribution in [0.4, 0.5) is 0 Å². The largest absolute Gasteiger partial charge is 0.547 e. The second-order valence-corrected chi connectivity index (χ2v) is 29.3. The van der Waals surface area contributed by atoms with Gasteiger partial charge in [-0.3, -0.25) is 9.59 Å². The predicted octanol–water partition coefficient (Wildman–Crippen LogP) is 13.4. The lowest BCUT2D eigenvalue weighted by molar-refractivity contribution is -0.160. The molecule has 0 radical (unpaired) electrons. The van der Waals surface area contributed by atoms with E-state index in [9.17, 15) is 14.7 Å². The van der Waals surface area contributed by atoms with Crippen LogP contribution < -0.4 is 0 Å². The van der Waals surface area contributed by atoms with E-state index in [0.29, 0.717) is 65.0 Å². The standard InChI is InChI=1S/C28H50OSi.C25H40O4/c1-9-10-20(3)22-11-12-23-26-24(14-16-28(22,23)5)27(4)15-13-19(2)17-21(27)18-25(26)29-30(6,7)8;1-15(5-8-22(28)29-4)18-6-7-19-23-20(10-12-25(18,19)3)24(2)11-9-17(26)13-16(24)14-21(23)27/h18-24,26H,9-17H2,1-8H3;15-20,23,26H,5-14H2,1-4H3/t19-,20-,21+,22-,23?,24?,26+,27+,28-;15-,16+,17-,18-,19?,20?,23+,24+,25-/m11/s1. The molecule has 0 heterocycles. The fourth-order valence-corrected chi connectivity index (χ4v) is 18.4. The van der Waals surface area contributed by atoms with Crippen molar-refractivity contribution in [3.8, 4) is 0 Å². The third kappa shape index (κ3) is 8.27. The number of ether oxygens (including phenoxy) is 1. The first kappa shape index (κ1) is 45.9. The highest BCUT2D eigenvalue weighted by Gasteiger charge is 2.64. The van der Waals surface area contributed by atoms with Gasteiger partial charge in [-0.25, -0.2) is 0 Å². The number of Topliss-reactive ketones (excluding diaryl/α,β-unsaturated/α-hetero) is 1. The number of aliphatic hydroxyl groups excluding tert-OH is 1. The number of carbonyl (C=O) groups excluding carboxylic acids is 2. The summed E-state index contributed by atoms with van der Waals surface area (Å²) in [5.74, 6) is 10.4. The van der Waals surface area contributed by atoms with Crippen molar-refractivity contribution < 1.29 is 23.9 Å². The summed E-state index contributed by atoms with van der Waals surface area (Å²) in [6.45, 7) is 27.1. The zero-order valence-corrected chi connectivity index (χ0v) is 41.2. The summed E-state index contributed by atoms with van der Waals surface area (Å²) in [5.41, 5.74) is 1.50. The molecule has 18 atom stereocenters. The Morgan fingerprint density at radius 2 is 1.31 bits per heavy atom. The van der Waals surface area contributed by atoms with Crippen LogP contribution in [0.15, 0.2) is 11.8 Å². The number of carbonyl (C=O) groups is 2. The average Bonchev–Trinajstić information content (AvgIpc) is 3.71. The molecule has 0 aromatic rings. The highest BCUT2D eigenvalue weighted by molar-refractivity contribution is 6.70. The molecule has 0 bridgehead atoms. The lowest BCUT2D eigenvalue weighted by Gasteiger charge is -2.60. The van der Waals surface area contributed by atoms with Gasteiger partial charge in [-0.15, -0.1) is 0 Å². The summed E-state index contributed by atoms with van der Waals surface area (Å²) in [6.07, 6.45) is 24.9. The molecule has 0 aromatic heterocycles. The lowest BCUT2D eigenvalue weighted by atomic mass is 9.44. The van der Waals surface area contributed by atoms with Gasteiger partial charge in [0.05, 0.1) is 19.0 Å². The second-order valence-electron chi connectivity index (χ2n) is 24.9. The normalized spacial score (nSPS) is 47.3. The van der Waals surface area contributed by atoms with Crippen LogP contribution in [0.1, 0.15) is 177 Å². The number of aliphatic hydroxyl groups is 1. The van der Waals surface area contributed by atoms with E-state index in [1.165, 1.54) is 89.9 Å². The van der Waals surface area contributed by atoms with Crippen LogP contribution in [0.25, 0.3) is 0 Å². The SMILES string of the molecule is CCC[C@@H](C)[C@H]1CCC2[C@@H]3C(O[Si](C)(C)C)=C[C@@H]4C[C@H](C)CC[C@]4(C)C3CC[C@@]21C.COC(=O)CC[C@@H](C)[C@H]1CCC2[C@@H]3C(=O)C[C@@H]4C[C@H](O)CC[C@]4(C)C3CC[C@@]21C. The first-order valence-corrected chi connectivity index (χ1v) is 28.8. The quantitative estimate of drug-likeness (QED) is 0.185. The predicted molar refractivity (Wildman–Crippen MR) is 244 cm³/mol. The van der Waals surface area contributed by atoms with Gasteiger partial charge in [-0.2, -0.15) is 0 Å². The van der Waals surface area contributed by atoms with Crippen molar-refractivity contribution >= 4 is 20.1 Å². The van der Waals surface area contributed by atoms with Crippen molar-refractivity contribution in [1.29, 1.82) is 0 Å². The Morgan fingerprint density at radius 1 is 0.763 bits per heavy atom. The van der Waals surface area contributed by atoms with Gasteiger partial charge in [0.25, 0.3) is 0 Å². The molecule has 8 rings (SSSR count). The Morgan fingerprint density at radius 3 is 1.90 bits per heavy atom. The van der Waals surface area contributed by atoms with Crippen molar-refractivity contribution in [3.63, 3.8) is 0 Å². The van der Waals surface area contributed by atoms with Crippen LogP contribution in [-0.4, -0.2) is 38.4 Å². The van der Waals surface area contributed by atoms with Gasteiger partial charge >= 0.3 is 5.97 Å². The van der Waals surface area contributed by atoms with Crippen LogP contribution in [-0.2, 0) is 18.8 Å². The molecule has 5 nitrogen and oxygen atoms in total. The van der Waals surface area contributed by atoms with Gasteiger partial charge in [-0.05, 0) is 202 Å². The third-order valence-electron chi connectivity index (χ3n) is 20.7. The number of ketones is 1. The maximum Gasteiger partial charge on any atom is 0.305 e. The van der Waals surface area contributed by atoms with Crippen LogP contribution in [0, 0.1) is 98.6 Å². The molecule has 0 aromatic carbocycles. The molecule has 4 unspecified atom stereocenters. The van der Waals surface area contributed by atoms with Crippen molar-refractivity contribution in [2.24, 2.45) is 98.6 Å². The number of methoxy groups -OCH3 is 1. The second kappa shape index (κ2) is 17.1. The van der Waals surface area contributed by atoms with E-state index in [1.54, 1.807) is 0 Å². The minimum atomic E-state index is -1.61. The zero-order chi connectivity index (χ0) is 42.9. The molecule has 59 heavy (non-hydrogen) atoms. The molecule has 336 valence electrons. The fraction of sp³-hybridized carbons (Fsp3) is 0.925. The van der Waals surface area contributed by atoms with Crippen LogP contribution in [0.5, 0.6) is 0 Å². The van der Waals surface area contributed by atoms with E-state index >= 15 is 0 Å². The van der Waals surface area contributed by atoms with E-state index < -0.39 is 8.32 Å². The molecule has 6 heteroatoms. The topological polar surface area (TPSA) is 72.8 Å². The van der Waals surface area contributed by atoms with Crippen molar-refractivity contribution in [2.45, 2.75) is 203 Å². The van der Waals surface area contributed by atoms with E-state index in [0.717, 1.165) is 67.6 Å². The molecule has 8 aliphatic carbocycles. The zero-order valence-electron chi connectivity index (χ0n) is 40.2. The van der Waals surface area contributed by atoms with Gasteiger partial charge in [0.2, 0.25) is 8.32 Å². The summed E-state index contributed by atoms with van der Waals surface area (Å²) < 4.78 is 11.8. The first-order valence-electron chi connectivity index (χ1n) is 25.4. The lowest BCUT2D eigenvalue weighted by Crippen LogP contribution is -2.57. The summed E-state index contributed by atoms with van der Waals surface area (Å²) in [7, 11) is -0.141.